The van der Waals surface area contributed by atoms with Crippen molar-refractivity contribution >= 4 is 35.1 Å². The van der Waals surface area contributed by atoms with Gasteiger partial charge in [-0.1, -0.05) is 17.7 Å². The third-order valence-corrected chi connectivity index (χ3v) is 4.06. The second-order valence-electron chi connectivity index (χ2n) is 5.61. The van der Waals surface area contributed by atoms with Crippen molar-refractivity contribution in [3.05, 3.63) is 29.8 Å². The van der Waals surface area contributed by atoms with Crippen molar-refractivity contribution in [1.29, 1.82) is 0 Å². The predicted molar refractivity (Wildman–Crippen MR) is 82.9 cm³/mol. The molecule has 1 aromatic rings. The Morgan fingerprint density at radius 3 is 2.29 bits per heavy atom. The third-order valence-electron chi connectivity index (χ3n) is 4.06. The first-order valence-corrected chi connectivity index (χ1v) is 7.28. The van der Waals surface area contributed by atoms with Crippen molar-refractivity contribution in [1.82, 2.24) is 5.01 Å². The van der Waals surface area contributed by atoms with Crippen LogP contribution in [0.4, 0.5) is 5.69 Å². The maximum absolute atomic E-state index is 12.8. The van der Waals surface area contributed by atoms with Crippen molar-refractivity contribution < 1.29 is 23.9 Å². The van der Waals surface area contributed by atoms with Crippen molar-refractivity contribution in [2.45, 2.75) is 19.9 Å². The summed E-state index contributed by atoms with van der Waals surface area (Å²) in [6.07, 6.45) is 0. The Kier molecular flexibility index (Phi) is 3.67. The Balaban J connectivity index is 2.05. The minimum absolute atomic E-state index is 0.231. The lowest BCUT2D eigenvalue weighted by Crippen LogP contribution is -2.41. The van der Waals surface area contributed by atoms with E-state index >= 15 is 0 Å². The van der Waals surface area contributed by atoms with Crippen LogP contribution in [0.5, 0.6) is 0 Å². The second-order valence-corrected chi connectivity index (χ2v) is 5.61. The largest absolute Gasteiger partial charge is 0.464 e. The molecule has 1 saturated heterocycles. The van der Waals surface area contributed by atoms with Crippen LogP contribution in [0.3, 0.4) is 0 Å². The molecule has 0 N–H and O–H groups in total. The highest BCUT2D eigenvalue weighted by atomic mass is 16.5. The number of esters is 1. The monoisotopic (exact) mass is 329 g/mol. The van der Waals surface area contributed by atoms with Crippen molar-refractivity contribution in [2.24, 2.45) is 11.0 Å². The number of imide groups is 1. The molecule has 2 unspecified atom stereocenters. The number of hydrogen-bond donors (Lipinski definition) is 0. The predicted octanol–water partition coefficient (Wildman–Crippen LogP) is 0.244. The number of nitrogens with zero attached hydrogens (tertiary/aromatic N) is 3. The molecule has 8 nitrogen and oxygen atoms in total. The van der Waals surface area contributed by atoms with Crippen LogP contribution in [0.1, 0.15) is 12.5 Å². The van der Waals surface area contributed by atoms with E-state index in [0.29, 0.717) is 5.69 Å². The number of amides is 3. The van der Waals surface area contributed by atoms with Crippen LogP contribution in [-0.2, 0) is 23.9 Å². The van der Waals surface area contributed by atoms with E-state index in [0.717, 1.165) is 22.6 Å². The smallest absolute Gasteiger partial charge is 0.355 e. The van der Waals surface area contributed by atoms with Gasteiger partial charge in [-0.3, -0.25) is 14.4 Å². The molecule has 2 heterocycles. The number of hydrazone groups is 1. The number of carbonyl (C=O) groups excluding carboxylic acids is 4. The van der Waals surface area contributed by atoms with E-state index in [2.05, 4.69) is 9.84 Å². The van der Waals surface area contributed by atoms with Gasteiger partial charge in [-0.15, -0.1) is 0 Å². The molecule has 8 heteroatoms. The lowest BCUT2D eigenvalue weighted by Gasteiger charge is -2.19. The van der Waals surface area contributed by atoms with Gasteiger partial charge >= 0.3 is 5.97 Å². The van der Waals surface area contributed by atoms with Gasteiger partial charge < -0.3 is 4.74 Å². The lowest BCUT2D eigenvalue weighted by atomic mass is 9.98. The number of ether oxygens (including phenoxy) is 1. The van der Waals surface area contributed by atoms with Crippen molar-refractivity contribution in [3.8, 4) is 0 Å². The van der Waals surface area contributed by atoms with E-state index in [9.17, 15) is 19.2 Å². The Labute approximate surface area is 137 Å². The molecule has 2 atom stereocenters. The molecular weight excluding hydrogens is 314 g/mol. The van der Waals surface area contributed by atoms with E-state index in [1.54, 1.807) is 24.3 Å². The SMILES string of the molecule is COC(=O)C1=NN(C(C)=O)C2C(=O)N(c3ccc(C)cc3)C(=O)C12. The first-order chi connectivity index (χ1) is 11.4. The zero-order chi connectivity index (χ0) is 17.6. The van der Waals surface area contributed by atoms with Gasteiger partial charge in [0.05, 0.1) is 12.8 Å². The highest BCUT2D eigenvalue weighted by Crippen LogP contribution is 2.35. The van der Waals surface area contributed by atoms with Gasteiger partial charge in [0.1, 0.15) is 5.92 Å². The molecule has 1 fully saturated rings. The van der Waals surface area contributed by atoms with Crippen LogP contribution in [0.15, 0.2) is 29.4 Å². The van der Waals surface area contributed by atoms with Crippen LogP contribution in [0, 0.1) is 12.8 Å². The summed E-state index contributed by atoms with van der Waals surface area (Å²) in [5.41, 5.74) is 1.13. The van der Waals surface area contributed by atoms with Gasteiger partial charge in [0.15, 0.2) is 11.8 Å². The Bertz CT molecular complexity index is 783. The fourth-order valence-electron chi connectivity index (χ4n) is 2.90. The first-order valence-electron chi connectivity index (χ1n) is 7.28. The third kappa shape index (κ3) is 2.18. The second kappa shape index (κ2) is 5.55. The maximum Gasteiger partial charge on any atom is 0.355 e. The Morgan fingerprint density at radius 1 is 1.12 bits per heavy atom. The number of hydrogen-bond acceptors (Lipinski definition) is 6. The van der Waals surface area contributed by atoms with E-state index in [1.807, 2.05) is 6.92 Å². The topological polar surface area (TPSA) is 96.3 Å². The van der Waals surface area contributed by atoms with Gasteiger partial charge in [0.25, 0.3) is 5.91 Å². The number of methoxy groups -OCH3 is 1. The first kappa shape index (κ1) is 15.9. The number of rotatable bonds is 2. The maximum atomic E-state index is 12.8. The summed E-state index contributed by atoms with van der Waals surface area (Å²) in [6, 6.07) is 5.66. The molecule has 0 radical (unpaired) electrons. The molecule has 2 aliphatic heterocycles. The molecule has 24 heavy (non-hydrogen) atoms. The normalized spacial score (nSPS) is 22.5. The summed E-state index contributed by atoms with van der Waals surface area (Å²) >= 11 is 0. The van der Waals surface area contributed by atoms with E-state index in [1.165, 1.54) is 6.92 Å². The molecule has 0 spiro atoms. The van der Waals surface area contributed by atoms with E-state index in [4.69, 9.17) is 0 Å². The van der Waals surface area contributed by atoms with Crippen LogP contribution >= 0.6 is 0 Å². The van der Waals surface area contributed by atoms with E-state index in [-0.39, 0.29) is 5.71 Å². The molecular formula is C16H15N3O5. The van der Waals surface area contributed by atoms with Crippen LogP contribution in [-0.4, -0.2) is 47.6 Å². The highest BCUT2D eigenvalue weighted by Gasteiger charge is 2.59. The summed E-state index contributed by atoms with van der Waals surface area (Å²) in [5.74, 6) is -3.69. The Hall–Kier alpha value is -3.03. The molecule has 0 bridgehead atoms. The number of fused-ring (bicyclic) bond motifs is 1. The zero-order valence-corrected chi connectivity index (χ0v) is 13.3. The number of carbonyl (C=O) groups is 4. The molecule has 3 rings (SSSR count). The zero-order valence-electron chi connectivity index (χ0n) is 13.3. The fraction of sp³-hybridized carbons (Fsp3) is 0.312. The van der Waals surface area contributed by atoms with E-state index < -0.39 is 35.7 Å². The molecule has 0 saturated carbocycles. The van der Waals surface area contributed by atoms with Crippen LogP contribution in [0.25, 0.3) is 0 Å². The van der Waals surface area contributed by atoms with Gasteiger partial charge in [-0.05, 0) is 19.1 Å². The minimum atomic E-state index is -1.15. The fourth-order valence-corrected chi connectivity index (χ4v) is 2.90. The average molecular weight is 329 g/mol. The van der Waals surface area contributed by atoms with Gasteiger partial charge in [-0.25, -0.2) is 14.7 Å². The van der Waals surface area contributed by atoms with Gasteiger partial charge in [-0.2, -0.15) is 5.10 Å². The lowest BCUT2D eigenvalue weighted by molar-refractivity contribution is -0.136. The quantitative estimate of drug-likeness (QED) is 0.572. The van der Waals surface area contributed by atoms with Crippen molar-refractivity contribution in [3.63, 3.8) is 0 Å². The van der Waals surface area contributed by atoms with Crippen LogP contribution in [0.2, 0.25) is 0 Å². The van der Waals surface area contributed by atoms with Gasteiger partial charge in [0, 0.05) is 6.92 Å². The number of benzene rings is 1. The molecule has 2 aliphatic rings. The highest BCUT2D eigenvalue weighted by molar-refractivity contribution is 6.47. The molecule has 3 amide bonds. The minimum Gasteiger partial charge on any atom is -0.464 e. The average Bonchev–Trinajstić information content (AvgIpc) is 3.06. The number of aryl methyl sites for hydroxylation is 1. The summed E-state index contributed by atoms with van der Waals surface area (Å²) < 4.78 is 4.62. The Morgan fingerprint density at radius 2 is 1.75 bits per heavy atom. The summed E-state index contributed by atoms with van der Waals surface area (Å²) in [7, 11) is 1.15. The molecule has 0 aliphatic carbocycles. The summed E-state index contributed by atoms with van der Waals surface area (Å²) in [4.78, 5) is 50.2. The molecule has 1 aromatic carbocycles. The summed E-state index contributed by atoms with van der Waals surface area (Å²) in [6.45, 7) is 3.10. The molecule has 0 aromatic heterocycles. The molecule has 124 valence electrons. The van der Waals surface area contributed by atoms with Crippen molar-refractivity contribution in [2.75, 3.05) is 12.0 Å². The van der Waals surface area contributed by atoms with Gasteiger partial charge in [0.2, 0.25) is 11.8 Å². The summed E-state index contributed by atoms with van der Waals surface area (Å²) in [5, 5.41) is 4.72. The number of anilines is 1. The van der Waals surface area contributed by atoms with Crippen LogP contribution < -0.4 is 4.90 Å². The standard InChI is InChI=1S/C16H15N3O5/c1-8-4-6-10(7-5-8)18-14(21)11-12(16(23)24-3)17-19(9(2)20)13(11)15(18)22/h4-7,11,13H,1-3H3.